The summed E-state index contributed by atoms with van der Waals surface area (Å²) in [5.74, 6) is -1.09. The molecule has 0 spiro atoms. The first-order chi connectivity index (χ1) is 12.8. The largest absolute Gasteiger partial charge is 0.507 e. The highest BCUT2D eigenvalue weighted by molar-refractivity contribution is 9.10. The number of carbonyl (C=O) groups is 2. The zero-order valence-electron chi connectivity index (χ0n) is 14.5. The van der Waals surface area contributed by atoms with Crippen molar-refractivity contribution >= 4 is 51.2 Å². The molecule has 0 aromatic heterocycles. The Balaban J connectivity index is 2.21. The SMILES string of the molecule is COC(=O)C1=C(C)N(c2ccccc2Cl)C(=O)/C1=C\c1cc(Br)ccc1O. The van der Waals surface area contributed by atoms with E-state index in [1.165, 1.54) is 24.2 Å². The van der Waals surface area contributed by atoms with Gasteiger partial charge in [0.05, 0.1) is 29.0 Å². The number of carbonyl (C=O) groups excluding carboxylic acids is 2. The van der Waals surface area contributed by atoms with Gasteiger partial charge in [-0.05, 0) is 43.3 Å². The number of allylic oxidation sites excluding steroid dienone is 1. The van der Waals surface area contributed by atoms with Crippen LogP contribution in [0.25, 0.3) is 6.08 Å². The number of amides is 1. The number of aromatic hydroxyl groups is 1. The number of anilines is 1. The zero-order valence-corrected chi connectivity index (χ0v) is 16.8. The topological polar surface area (TPSA) is 66.8 Å². The number of para-hydroxylation sites is 1. The Labute approximate surface area is 169 Å². The number of benzene rings is 2. The van der Waals surface area contributed by atoms with E-state index in [1.54, 1.807) is 43.3 Å². The molecule has 0 unspecified atom stereocenters. The molecule has 1 aliphatic heterocycles. The summed E-state index contributed by atoms with van der Waals surface area (Å²) in [6, 6.07) is 11.7. The number of rotatable bonds is 3. The van der Waals surface area contributed by atoms with Crippen LogP contribution in [0.1, 0.15) is 12.5 Å². The minimum absolute atomic E-state index is 0.0171. The molecule has 2 aromatic carbocycles. The minimum Gasteiger partial charge on any atom is -0.507 e. The van der Waals surface area contributed by atoms with E-state index in [2.05, 4.69) is 15.9 Å². The van der Waals surface area contributed by atoms with Gasteiger partial charge in [-0.15, -0.1) is 0 Å². The summed E-state index contributed by atoms with van der Waals surface area (Å²) in [5, 5.41) is 10.5. The van der Waals surface area contributed by atoms with E-state index in [0.29, 0.717) is 22.0 Å². The van der Waals surface area contributed by atoms with Crippen molar-refractivity contribution < 1.29 is 19.4 Å². The van der Waals surface area contributed by atoms with Crippen molar-refractivity contribution in [1.82, 2.24) is 0 Å². The highest BCUT2D eigenvalue weighted by atomic mass is 79.9. The second kappa shape index (κ2) is 7.58. The molecule has 0 radical (unpaired) electrons. The van der Waals surface area contributed by atoms with Gasteiger partial charge in [-0.3, -0.25) is 9.69 Å². The van der Waals surface area contributed by atoms with Crippen molar-refractivity contribution in [2.75, 3.05) is 12.0 Å². The number of esters is 1. The Bertz CT molecular complexity index is 1010. The highest BCUT2D eigenvalue weighted by Crippen LogP contribution is 2.39. The van der Waals surface area contributed by atoms with Crippen LogP contribution in [0, 0.1) is 0 Å². The second-order valence-corrected chi connectivity index (χ2v) is 7.13. The fourth-order valence-corrected chi connectivity index (χ4v) is 3.50. The molecule has 2 aromatic rings. The smallest absolute Gasteiger partial charge is 0.340 e. The Morgan fingerprint density at radius 2 is 1.96 bits per heavy atom. The first kappa shape index (κ1) is 19.2. The predicted molar refractivity (Wildman–Crippen MR) is 107 cm³/mol. The molecule has 7 heteroatoms. The van der Waals surface area contributed by atoms with Crippen LogP contribution in [0.5, 0.6) is 5.75 Å². The van der Waals surface area contributed by atoms with Crippen molar-refractivity contribution in [3.8, 4) is 5.75 Å². The standard InChI is InChI=1S/C20H15BrClNO4/c1-11-18(20(26)27-2)14(10-12-9-13(21)7-8-17(12)24)19(25)23(11)16-6-4-3-5-15(16)22/h3-10,24H,1-2H3/b14-10-. The highest BCUT2D eigenvalue weighted by Gasteiger charge is 2.38. The molecule has 1 amide bonds. The molecule has 0 atom stereocenters. The van der Waals surface area contributed by atoms with Gasteiger partial charge in [-0.25, -0.2) is 4.79 Å². The molecule has 0 saturated carbocycles. The van der Waals surface area contributed by atoms with Crippen molar-refractivity contribution in [2.24, 2.45) is 0 Å². The number of halogens is 2. The van der Waals surface area contributed by atoms with E-state index in [4.69, 9.17) is 16.3 Å². The zero-order chi connectivity index (χ0) is 19.7. The summed E-state index contributed by atoms with van der Waals surface area (Å²) in [7, 11) is 1.25. The maximum Gasteiger partial charge on any atom is 0.340 e. The van der Waals surface area contributed by atoms with Crippen LogP contribution < -0.4 is 4.90 Å². The number of ether oxygens (including phenoxy) is 1. The molecule has 1 heterocycles. The molecule has 0 aliphatic carbocycles. The van der Waals surface area contributed by atoms with Crippen molar-refractivity contribution in [2.45, 2.75) is 6.92 Å². The van der Waals surface area contributed by atoms with E-state index < -0.39 is 11.9 Å². The quantitative estimate of drug-likeness (QED) is 0.547. The molecular weight excluding hydrogens is 434 g/mol. The Morgan fingerprint density at radius 1 is 1.26 bits per heavy atom. The molecule has 1 aliphatic rings. The van der Waals surface area contributed by atoms with Gasteiger partial charge < -0.3 is 9.84 Å². The molecule has 0 saturated heterocycles. The molecule has 1 N–H and O–H groups in total. The van der Waals surface area contributed by atoms with E-state index in [9.17, 15) is 14.7 Å². The summed E-state index contributed by atoms with van der Waals surface area (Å²) < 4.78 is 5.59. The Morgan fingerprint density at radius 3 is 2.63 bits per heavy atom. The molecule has 3 rings (SSSR count). The lowest BCUT2D eigenvalue weighted by Gasteiger charge is -2.19. The second-order valence-electron chi connectivity index (χ2n) is 5.81. The predicted octanol–water partition coefficient (Wildman–Crippen LogP) is 4.69. The van der Waals surface area contributed by atoms with Crippen LogP contribution in [0.2, 0.25) is 5.02 Å². The summed E-state index contributed by atoms with van der Waals surface area (Å²) in [5.41, 5.74) is 1.50. The normalized spacial score (nSPS) is 15.6. The maximum absolute atomic E-state index is 13.2. The number of methoxy groups -OCH3 is 1. The van der Waals surface area contributed by atoms with Crippen LogP contribution in [-0.4, -0.2) is 24.1 Å². The number of hydrogen-bond donors (Lipinski definition) is 1. The molecule has 5 nitrogen and oxygen atoms in total. The van der Waals surface area contributed by atoms with Crippen LogP contribution in [0.15, 0.2) is 63.8 Å². The fraction of sp³-hybridized carbons (Fsp3) is 0.100. The third-order valence-electron chi connectivity index (χ3n) is 4.17. The van der Waals surface area contributed by atoms with E-state index in [-0.39, 0.29) is 16.9 Å². The average Bonchev–Trinajstić information content (AvgIpc) is 2.88. The molecular formula is C20H15BrClNO4. The maximum atomic E-state index is 13.2. The van der Waals surface area contributed by atoms with Crippen LogP contribution in [0.4, 0.5) is 5.69 Å². The van der Waals surface area contributed by atoms with Crippen molar-refractivity contribution in [3.05, 3.63) is 74.4 Å². The number of phenolic OH excluding ortho intramolecular Hbond substituents is 1. The molecule has 0 bridgehead atoms. The van der Waals surface area contributed by atoms with Crippen LogP contribution in [0.3, 0.4) is 0 Å². The fourth-order valence-electron chi connectivity index (χ4n) is 2.90. The Hall–Kier alpha value is -2.57. The summed E-state index contributed by atoms with van der Waals surface area (Å²) in [4.78, 5) is 26.9. The minimum atomic E-state index is -0.642. The van der Waals surface area contributed by atoms with Gasteiger partial charge in [0.2, 0.25) is 0 Å². The molecule has 27 heavy (non-hydrogen) atoms. The van der Waals surface area contributed by atoms with E-state index >= 15 is 0 Å². The molecule has 138 valence electrons. The van der Waals surface area contributed by atoms with Crippen molar-refractivity contribution in [3.63, 3.8) is 0 Å². The summed E-state index contributed by atoms with van der Waals surface area (Å²) in [6.07, 6.45) is 1.47. The van der Waals surface area contributed by atoms with Gasteiger partial charge in [-0.2, -0.15) is 0 Å². The van der Waals surface area contributed by atoms with Crippen LogP contribution in [-0.2, 0) is 14.3 Å². The first-order valence-corrected chi connectivity index (χ1v) is 9.11. The van der Waals surface area contributed by atoms with Crippen molar-refractivity contribution in [1.29, 1.82) is 0 Å². The average molecular weight is 449 g/mol. The van der Waals surface area contributed by atoms with Crippen LogP contribution >= 0.6 is 27.5 Å². The lowest BCUT2D eigenvalue weighted by atomic mass is 10.0. The van der Waals surface area contributed by atoms with Gasteiger partial charge in [0.1, 0.15) is 5.75 Å². The number of phenols is 1. The van der Waals surface area contributed by atoms with Gasteiger partial charge >= 0.3 is 5.97 Å². The first-order valence-electron chi connectivity index (χ1n) is 7.94. The van der Waals surface area contributed by atoms with Gasteiger partial charge in [0.25, 0.3) is 5.91 Å². The monoisotopic (exact) mass is 447 g/mol. The summed E-state index contributed by atoms with van der Waals surface area (Å²) >= 11 is 9.58. The van der Waals surface area contributed by atoms with Gasteiger partial charge in [-0.1, -0.05) is 39.7 Å². The van der Waals surface area contributed by atoms with E-state index in [1.807, 2.05) is 0 Å². The van der Waals surface area contributed by atoms with Gasteiger partial charge in [0.15, 0.2) is 0 Å². The number of hydrogen-bond acceptors (Lipinski definition) is 4. The Kier molecular flexibility index (Phi) is 5.39. The summed E-state index contributed by atoms with van der Waals surface area (Å²) in [6.45, 7) is 1.65. The number of nitrogens with zero attached hydrogens (tertiary/aromatic N) is 1. The third kappa shape index (κ3) is 3.50. The third-order valence-corrected chi connectivity index (χ3v) is 4.99. The lowest BCUT2D eigenvalue weighted by molar-refractivity contribution is -0.136. The molecule has 0 fully saturated rings. The van der Waals surface area contributed by atoms with E-state index in [0.717, 1.165) is 4.47 Å². The lowest BCUT2D eigenvalue weighted by Crippen LogP contribution is -2.24. The van der Waals surface area contributed by atoms with Gasteiger partial charge in [0, 0.05) is 15.7 Å².